The van der Waals surface area contributed by atoms with Gasteiger partial charge in [-0.15, -0.1) is 0 Å². The summed E-state index contributed by atoms with van der Waals surface area (Å²) in [7, 11) is 3.10. The van der Waals surface area contributed by atoms with Crippen LogP contribution in [0, 0.1) is 0 Å². The highest BCUT2D eigenvalue weighted by Crippen LogP contribution is 2.27. The standard InChI is InChI=1S/C18H16O5/c1-21-16-9-5-13(11-17(16)22-2)6-10-18(20)23-15-7-3-14(12-19)4-8-15/h3-12H,1-2H3. The summed E-state index contributed by atoms with van der Waals surface area (Å²) in [4.78, 5) is 22.3. The minimum Gasteiger partial charge on any atom is -0.493 e. The number of hydrogen-bond donors (Lipinski definition) is 0. The highest BCUT2D eigenvalue weighted by atomic mass is 16.5. The maximum atomic E-state index is 11.8. The van der Waals surface area contributed by atoms with Gasteiger partial charge in [-0.1, -0.05) is 6.07 Å². The molecule has 23 heavy (non-hydrogen) atoms. The number of ether oxygens (including phenoxy) is 3. The van der Waals surface area contributed by atoms with Crippen LogP contribution in [0.15, 0.2) is 48.5 Å². The highest BCUT2D eigenvalue weighted by Gasteiger charge is 2.04. The molecule has 0 saturated heterocycles. The van der Waals surface area contributed by atoms with E-state index in [1.807, 2.05) is 0 Å². The molecule has 0 heterocycles. The molecule has 0 aliphatic carbocycles. The van der Waals surface area contributed by atoms with Crippen LogP contribution in [-0.4, -0.2) is 26.5 Å². The molecule has 0 aliphatic heterocycles. The van der Waals surface area contributed by atoms with E-state index in [2.05, 4.69) is 0 Å². The summed E-state index contributed by atoms with van der Waals surface area (Å²) in [5.41, 5.74) is 1.29. The van der Waals surface area contributed by atoms with Crippen LogP contribution in [0.3, 0.4) is 0 Å². The van der Waals surface area contributed by atoms with Gasteiger partial charge in [-0.2, -0.15) is 0 Å². The van der Waals surface area contributed by atoms with E-state index < -0.39 is 5.97 Å². The number of carbonyl (C=O) groups is 2. The Labute approximate surface area is 134 Å². The molecule has 0 spiro atoms. The summed E-state index contributed by atoms with van der Waals surface area (Å²) in [5, 5.41) is 0. The van der Waals surface area contributed by atoms with E-state index in [4.69, 9.17) is 14.2 Å². The normalized spacial score (nSPS) is 10.3. The maximum Gasteiger partial charge on any atom is 0.336 e. The first-order valence-corrected chi connectivity index (χ1v) is 6.83. The van der Waals surface area contributed by atoms with Crippen LogP contribution >= 0.6 is 0 Å². The molecule has 0 aromatic heterocycles. The Morgan fingerprint density at radius 1 is 0.913 bits per heavy atom. The van der Waals surface area contributed by atoms with Crippen molar-refractivity contribution in [2.75, 3.05) is 14.2 Å². The number of methoxy groups -OCH3 is 2. The summed E-state index contributed by atoms with van der Waals surface area (Å²) >= 11 is 0. The Kier molecular flexibility index (Phi) is 5.52. The Morgan fingerprint density at radius 2 is 1.57 bits per heavy atom. The van der Waals surface area contributed by atoms with Crippen molar-refractivity contribution in [1.82, 2.24) is 0 Å². The molecule has 5 heteroatoms. The molecule has 0 bridgehead atoms. The van der Waals surface area contributed by atoms with Crippen LogP contribution in [0.4, 0.5) is 0 Å². The third kappa shape index (κ3) is 4.44. The molecule has 0 unspecified atom stereocenters. The second-order valence-electron chi connectivity index (χ2n) is 4.56. The fraction of sp³-hybridized carbons (Fsp3) is 0.111. The van der Waals surface area contributed by atoms with Gasteiger partial charge in [-0.25, -0.2) is 4.79 Å². The zero-order chi connectivity index (χ0) is 16.7. The minimum absolute atomic E-state index is 0.373. The number of esters is 1. The zero-order valence-corrected chi connectivity index (χ0v) is 12.8. The van der Waals surface area contributed by atoms with Gasteiger partial charge in [0.2, 0.25) is 0 Å². The fourth-order valence-electron chi connectivity index (χ4n) is 1.89. The van der Waals surface area contributed by atoms with Gasteiger partial charge in [0.05, 0.1) is 14.2 Å². The van der Waals surface area contributed by atoms with Gasteiger partial charge in [-0.05, 0) is 48.0 Å². The molecule has 2 rings (SSSR count). The molecule has 0 amide bonds. The molecule has 2 aromatic carbocycles. The summed E-state index contributed by atoms with van der Waals surface area (Å²) < 4.78 is 15.5. The Balaban J connectivity index is 2.04. The molecular formula is C18H16O5. The Bertz CT molecular complexity index is 717. The molecule has 5 nitrogen and oxygen atoms in total. The van der Waals surface area contributed by atoms with Crippen molar-refractivity contribution in [2.24, 2.45) is 0 Å². The van der Waals surface area contributed by atoms with Gasteiger partial charge >= 0.3 is 5.97 Å². The minimum atomic E-state index is -0.515. The van der Waals surface area contributed by atoms with Crippen molar-refractivity contribution in [2.45, 2.75) is 0 Å². The van der Waals surface area contributed by atoms with Crippen LogP contribution in [0.1, 0.15) is 15.9 Å². The lowest BCUT2D eigenvalue weighted by atomic mass is 10.2. The molecule has 118 valence electrons. The molecule has 0 aliphatic rings. The predicted octanol–water partition coefficient (Wildman–Crippen LogP) is 3.14. The summed E-state index contributed by atoms with van der Waals surface area (Å²) in [6.07, 6.45) is 3.65. The van der Waals surface area contributed by atoms with E-state index in [0.29, 0.717) is 22.8 Å². The second kappa shape index (κ2) is 7.79. The first-order valence-electron chi connectivity index (χ1n) is 6.83. The monoisotopic (exact) mass is 312 g/mol. The van der Waals surface area contributed by atoms with Gasteiger partial charge in [0.15, 0.2) is 11.5 Å². The number of rotatable bonds is 6. The third-order valence-electron chi connectivity index (χ3n) is 3.05. The van der Waals surface area contributed by atoms with E-state index in [0.717, 1.165) is 11.8 Å². The topological polar surface area (TPSA) is 61.8 Å². The zero-order valence-electron chi connectivity index (χ0n) is 12.8. The molecule has 2 aromatic rings. The van der Waals surface area contributed by atoms with Gasteiger partial charge in [-0.3, -0.25) is 4.79 Å². The van der Waals surface area contributed by atoms with Crippen LogP contribution < -0.4 is 14.2 Å². The summed E-state index contributed by atoms with van der Waals surface area (Å²) in [6, 6.07) is 11.6. The molecule has 0 fully saturated rings. The number of hydrogen-bond acceptors (Lipinski definition) is 5. The Morgan fingerprint density at radius 3 is 2.17 bits per heavy atom. The van der Waals surface area contributed by atoms with E-state index in [1.165, 1.54) is 6.08 Å². The van der Waals surface area contributed by atoms with Crippen LogP contribution in [0.25, 0.3) is 6.08 Å². The maximum absolute atomic E-state index is 11.8. The van der Waals surface area contributed by atoms with Gasteiger partial charge in [0, 0.05) is 11.6 Å². The van der Waals surface area contributed by atoms with Crippen molar-refractivity contribution in [3.05, 3.63) is 59.7 Å². The first-order chi connectivity index (χ1) is 11.2. The molecule has 0 radical (unpaired) electrons. The van der Waals surface area contributed by atoms with Gasteiger partial charge in [0.1, 0.15) is 12.0 Å². The van der Waals surface area contributed by atoms with Crippen molar-refractivity contribution >= 4 is 18.3 Å². The average Bonchev–Trinajstić information content (AvgIpc) is 2.60. The highest BCUT2D eigenvalue weighted by molar-refractivity contribution is 5.89. The summed E-state index contributed by atoms with van der Waals surface area (Å²) in [6.45, 7) is 0. The van der Waals surface area contributed by atoms with Crippen LogP contribution in [0.5, 0.6) is 17.2 Å². The SMILES string of the molecule is COc1ccc(C=CC(=O)Oc2ccc(C=O)cc2)cc1OC. The quantitative estimate of drug-likeness (QED) is 0.355. The first kappa shape index (κ1) is 16.3. The largest absolute Gasteiger partial charge is 0.493 e. The average molecular weight is 312 g/mol. The lowest BCUT2D eigenvalue weighted by Crippen LogP contribution is -2.03. The summed E-state index contributed by atoms with van der Waals surface area (Å²) in [5.74, 6) is 1.05. The van der Waals surface area contributed by atoms with Crippen molar-refractivity contribution in [3.63, 3.8) is 0 Å². The van der Waals surface area contributed by atoms with Gasteiger partial charge in [0.25, 0.3) is 0 Å². The number of benzene rings is 2. The number of carbonyl (C=O) groups excluding carboxylic acids is 2. The van der Waals surface area contributed by atoms with E-state index in [9.17, 15) is 9.59 Å². The molecule has 0 N–H and O–H groups in total. The lowest BCUT2D eigenvalue weighted by Gasteiger charge is -2.07. The fourth-order valence-corrected chi connectivity index (χ4v) is 1.89. The van der Waals surface area contributed by atoms with E-state index in [1.54, 1.807) is 62.8 Å². The predicted molar refractivity (Wildman–Crippen MR) is 86.0 cm³/mol. The van der Waals surface area contributed by atoms with Crippen LogP contribution in [0.2, 0.25) is 0 Å². The molecule has 0 saturated carbocycles. The Hall–Kier alpha value is -3.08. The smallest absolute Gasteiger partial charge is 0.336 e. The van der Waals surface area contributed by atoms with Crippen molar-refractivity contribution in [1.29, 1.82) is 0 Å². The van der Waals surface area contributed by atoms with Crippen molar-refractivity contribution in [3.8, 4) is 17.2 Å². The number of aldehydes is 1. The lowest BCUT2D eigenvalue weighted by molar-refractivity contribution is -0.128. The van der Waals surface area contributed by atoms with Crippen LogP contribution in [-0.2, 0) is 4.79 Å². The van der Waals surface area contributed by atoms with Crippen molar-refractivity contribution < 1.29 is 23.8 Å². The second-order valence-corrected chi connectivity index (χ2v) is 4.56. The van der Waals surface area contributed by atoms with E-state index in [-0.39, 0.29) is 0 Å². The van der Waals surface area contributed by atoms with Gasteiger partial charge < -0.3 is 14.2 Å². The molecule has 0 atom stereocenters. The van der Waals surface area contributed by atoms with E-state index >= 15 is 0 Å². The molecular weight excluding hydrogens is 296 g/mol. The third-order valence-corrected chi connectivity index (χ3v) is 3.05.